The predicted molar refractivity (Wildman–Crippen MR) is 97.7 cm³/mol. The molecule has 136 valence electrons. The summed E-state index contributed by atoms with van der Waals surface area (Å²) in [6.07, 6.45) is 0.0452. The molecule has 1 heterocycles. The van der Waals surface area contributed by atoms with Crippen molar-refractivity contribution in [2.45, 2.75) is 12.3 Å². The third-order valence-corrected chi connectivity index (χ3v) is 4.98. The zero-order chi connectivity index (χ0) is 19.1. The Balaban J connectivity index is 1.97. The van der Waals surface area contributed by atoms with Crippen LogP contribution in [0.25, 0.3) is 5.70 Å². The lowest BCUT2D eigenvalue weighted by molar-refractivity contribution is -0.120. The zero-order valence-corrected chi connectivity index (χ0v) is 14.9. The standard InChI is InChI=1S/C21H17NO5/c1-26-11-7-8-16(27-2)14(9-11)15-10-17(23)22-19-12-5-3-4-6-13(12)20(24)21(25)18(15)19/h3-9,15H,10H2,1-2H3,(H,22,23). The highest BCUT2D eigenvalue weighted by atomic mass is 16.5. The average molecular weight is 363 g/mol. The quantitative estimate of drug-likeness (QED) is 0.848. The van der Waals surface area contributed by atoms with Crippen LogP contribution in [0.4, 0.5) is 0 Å². The highest BCUT2D eigenvalue weighted by molar-refractivity contribution is 6.53. The molecular weight excluding hydrogens is 346 g/mol. The zero-order valence-electron chi connectivity index (χ0n) is 14.9. The lowest BCUT2D eigenvalue weighted by atomic mass is 9.75. The maximum atomic E-state index is 12.9. The Morgan fingerprint density at radius 1 is 0.926 bits per heavy atom. The molecule has 0 aromatic heterocycles. The van der Waals surface area contributed by atoms with Gasteiger partial charge >= 0.3 is 0 Å². The van der Waals surface area contributed by atoms with E-state index in [2.05, 4.69) is 5.32 Å². The van der Waals surface area contributed by atoms with Crippen LogP contribution < -0.4 is 14.8 Å². The van der Waals surface area contributed by atoms with Gasteiger partial charge in [0.1, 0.15) is 11.5 Å². The molecule has 0 spiro atoms. The topological polar surface area (TPSA) is 81.7 Å². The first-order valence-electron chi connectivity index (χ1n) is 8.49. The third kappa shape index (κ3) is 2.61. The predicted octanol–water partition coefficient (Wildman–Crippen LogP) is 2.48. The first kappa shape index (κ1) is 17.0. The number of methoxy groups -OCH3 is 2. The minimum atomic E-state index is -0.599. The number of carbonyl (C=O) groups is 3. The van der Waals surface area contributed by atoms with E-state index in [1.165, 1.54) is 14.2 Å². The van der Waals surface area contributed by atoms with Crippen molar-refractivity contribution >= 4 is 23.2 Å². The lowest BCUT2D eigenvalue weighted by Gasteiger charge is -2.32. The Hall–Kier alpha value is -3.41. The first-order chi connectivity index (χ1) is 13.0. The number of carbonyl (C=O) groups excluding carboxylic acids is 3. The number of rotatable bonds is 3. The molecule has 4 rings (SSSR count). The summed E-state index contributed by atoms with van der Waals surface area (Å²) in [6, 6.07) is 12.0. The number of allylic oxidation sites excluding steroid dienone is 1. The number of ether oxygens (including phenoxy) is 2. The van der Waals surface area contributed by atoms with Crippen molar-refractivity contribution in [1.29, 1.82) is 0 Å². The van der Waals surface area contributed by atoms with Gasteiger partial charge in [-0.15, -0.1) is 0 Å². The molecule has 6 nitrogen and oxygen atoms in total. The van der Waals surface area contributed by atoms with Crippen molar-refractivity contribution in [3.05, 3.63) is 64.7 Å². The van der Waals surface area contributed by atoms with Crippen LogP contribution >= 0.6 is 0 Å². The fourth-order valence-corrected chi connectivity index (χ4v) is 3.72. The monoisotopic (exact) mass is 363 g/mol. The Morgan fingerprint density at radius 2 is 1.67 bits per heavy atom. The van der Waals surface area contributed by atoms with Crippen LogP contribution in [-0.4, -0.2) is 31.7 Å². The molecule has 0 saturated carbocycles. The van der Waals surface area contributed by atoms with Gasteiger partial charge in [0, 0.05) is 34.6 Å². The van der Waals surface area contributed by atoms with E-state index >= 15 is 0 Å². The van der Waals surface area contributed by atoms with Gasteiger partial charge in [-0.25, -0.2) is 0 Å². The molecule has 0 fully saturated rings. The van der Waals surface area contributed by atoms with Crippen molar-refractivity contribution in [3.8, 4) is 11.5 Å². The van der Waals surface area contributed by atoms with Gasteiger partial charge in [-0.2, -0.15) is 0 Å². The summed E-state index contributed by atoms with van der Waals surface area (Å²) in [7, 11) is 3.06. The molecule has 0 bridgehead atoms. The van der Waals surface area contributed by atoms with Gasteiger partial charge in [0.25, 0.3) is 0 Å². The molecule has 27 heavy (non-hydrogen) atoms. The highest BCUT2D eigenvalue weighted by Crippen LogP contribution is 2.44. The van der Waals surface area contributed by atoms with Crippen LogP contribution in [0.3, 0.4) is 0 Å². The molecule has 1 aliphatic heterocycles. The molecule has 2 aromatic carbocycles. The minimum Gasteiger partial charge on any atom is -0.497 e. The molecule has 1 atom stereocenters. The normalized spacial score (nSPS) is 18.6. The summed E-state index contributed by atoms with van der Waals surface area (Å²) >= 11 is 0. The van der Waals surface area contributed by atoms with Crippen molar-refractivity contribution in [1.82, 2.24) is 5.32 Å². The number of nitrogens with one attached hydrogen (secondary N) is 1. The summed E-state index contributed by atoms with van der Waals surface area (Å²) < 4.78 is 10.7. The van der Waals surface area contributed by atoms with E-state index in [0.717, 1.165) is 0 Å². The second-order valence-electron chi connectivity index (χ2n) is 6.41. The van der Waals surface area contributed by atoms with Gasteiger partial charge in [0.2, 0.25) is 17.5 Å². The highest BCUT2D eigenvalue weighted by Gasteiger charge is 2.42. The number of benzene rings is 2. The fraction of sp³-hybridized carbons (Fsp3) is 0.190. The van der Waals surface area contributed by atoms with E-state index in [1.54, 1.807) is 42.5 Å². The molecule has 0 radical (unpaired) electrons. The number of amides is 1. The Bertz CT molecular complexity index is 1020. The van der Waals surface area contributed by atoms with Crippen LogP contribution in [0.2, 0.25) is 0 Å². The van der Waals surface area contributed by atoms with Crippen molar-refractivity contribution in [2.75, 3.05) is 14.2 Å². The molecule has 1 amide bonds. The third-order valence-electron chi connectivity index (χ3n) is 4.98. The summed E-state index contributed by atoms with van der Waals surface area (Å²) in [5.74, 6) is -0.870. The van der Waals surface area contributed by atoms with E-state index in [0.29, 0.717) is 39.5 Å². The smallest absolute Gasteiger partial charge is 0.233 e. The van der Waals surface area contributed by atoms with E-state index in [1.807, 2.05) is 0 Å². The Kier molecular flexibility index (Phi) is 4.03. The lowest BCUT2D eigenvalue weighted by Crippen LogP contribution is -2.39. The number of fused-ring (bicyclic) bond motifs is 2. The SMILES string of the molecule is COc1ccc(OC)c(C2CC(=O)NC3=C2C(=O)C(=O)c2ccccc23)c1. The number of hydrogen-bond acceptors (Lipinski definition) is 5. The maximum absolute atomic E-state index is 12.9. The second kappa shape index (κ2) is 6.39. The van der Waals surface area contributed by atoms with E-state index in [-0.39, 0.29) is 12.3 Å². The molecule has 2 aromatic rings. The van der Waals surface area contributed by atoms with E-state index in [4.69, 9.17) is 9.47 Å². The largest absolute Gasteiger partial charge is 0.497 e. The first-order valence-corrected chi connectivity index (χ1v) is 8.49. The molecule has 1 N–H and O–H groups in total. The summed E-state index contributed by atoms with van der Waals surface area (Å²) in [5.41, 5.74) is 2.21. The van der Waals surface area contributed by atoms with Gasteiger partial charge in [0.05, 0.1) is 19.9 Å². The second-order valence-corrected chi connectivity index (χ2v) is 6.41. The van der Waals surface area contributed by atoms with Crippen molar-refractivity contribution < 1.29 is 23.9 Å². The van der Waals surface area contributed by atoms with E-state index in [9.17, 15) is 14.4 Å². The number of hydrogen-bond donors (Lipinski definition) is 1. The van der Waals surface area contributed by atoms with Gasteiger partial charge in [-0.05, 0) is 18.2 Å². The van der Waals surface area contributed by atoms with Gasteiger partial charge in [-0.3, -0.25) is 14.4 Å². The maximum Gasteiger partial charge on any atom is 0.233 e. The van der Waals surface area contributed by atoms with Crippen LogP contribution in [0.5, 0.6) is 11.5 Å². The molecule has 1 aliphatic carbocycles. The number of Topliss-reactive ketones (excluding diaryl/α,β-unsaturated/α-hetero) is 2. The minimum absolute atomic E-state index is 0.0452. The van der Waals surface area contributed by atoms with Crippen LogP contribution in [0.15, 0.2) is 48.0 Å². The molecule has 6 heteroatoms. The Morgan fingerprint density at radius 3 is 2.37 bits per heavy atom. The van der Waals surface area contributed by atoms with Gasteiger partial charge in [-0.1, -0.05) is 24.3 Å². The molecular formula is C21H17NO5. The average Bonchev–Trinajstić information content (AvgIpc) is 2.70. The summed E-state index contributed by atoms with van der Waals surface area (Å²) in [4.78, 5) is 38.0. The molecule has 1 unspecified atom stereocenters. The Labute approximate surface area is 155 Å². The van der Waals surface area contributed by atoms with E-state index < -0.39 is 17.5 Å². The fourth-order valence-electron chi connectivity index (χ4n) is 3.72. The summed E-state index contributed by atoms with van der Waals surface area (Å²) in [6.45, 7) is 0. The van der Waals surface area contributed by atoms with Gasteiger partial charge in [0.15, 0.2) is 0 Å². The van der Waals surface area contributed by atoms with Crippen LogP contribution in [0, 0.1) is 0 Å². The van der Waals surface area contributed by atoms with Gasteiger partial charge < -0.3 is 14.8 Å². The number of ketones is 2. The molecule has 0 saturated heterocycles. The van der Waals surface area contributed by atoms with Crippen molar-refractivity contribution in [2.24, 2.45) is 0 Å². The molecule has 2 aliphatic rings. The summed E-state index contributed by atoms with van der Waals surface area (Å²) in [5, 5.41) is 2.79. The van der Waals surface area contributed by atoms with Crippen LogP contribution in [-0.2, 0) is 9.59 Å². The van der Waals surface area contributed by atoms with Crippen molar-refractivity contribution in [3.63, 3.8) is 0 Å². The van der Waals surface area contributed by atoms with Crippen LogP contribution in [0.1, 0.15) is 33.8 Å².